The summed E-state index contributed by atoms with van der Waals surface area (Å²) in [7, 11) is 0. The molecule has 74 valence electrons. The number of aromatic hydroxyl groups is 1. The van der Waals surface area contributed by atoms with Gasteiger partial charge in [-0.05, 0) is 31.2 Å². The Morgan fingerprint density at radius 2 is 1.64 bits per heavy atom. The van der Waals surface area contributed by atoms with E-state index in [9.17, 15) is 0 Å². The highest BCUT2D eigenvalue weighted by molar-refractivity contribution is 6.47. The first-order valence-corrected chi connectivity index (χ1v) is 3.89. The van der Waals surface area contributed by atoms with E-state index in [0.717, 1.165) is 0 Å². The summed E-state index contributed by atoms with van der Waals surface area (Å²) >= 11 is 0. The molecular formula is C9H10N2O3. The molecule has 0 fully saturated rings. The van der Waals surface area contributed by atoms with Gasteiger partial charge >= 0.3 is 0 Å². The highest BCUT2D eigenvalue weighted by atomic mass is 16.4. The molecule has 0 aliphatic heterocycles. The molecule has 0 aliphatic carbocycles. The summed E-state index contributed by atoms with van der Waals surface area (Å²) in [6, 6.07) is 6.01. The lowest BCUT2D eigenvalue weighted by Crippen LogP contribution is -2.11. The molecule has 0 bridgehead atoms. The second-order valence-corrected chi connectivity index (χ2v) is 2.68. The molecule has 5 heteroatoms. The maximum absolute atomic E-state index is 9.02. The van der Waals surface area contributed by atoms with Crippen molar-refractivity contribution in [3.05, 3.63) is 29.8 Å². The maximum Gasteiger partial charge on any atom is 0.134 e. The van der Waals surface area contributed by atoms with Crippen molar-refractivity contribution in [2.45, 2.75) is 6.92 Å². The van der Waals surface area contributed by atoms with Gasteiger partial charge in [0.1, 0.15) is 17.2 Å². The molecule has 0 heterocycles. The van der Waals surface area contributed by atoms with E-state index in [1.54, 1.807) is 12.1 Å². The van der Waals surface area contributed by atoms with Crippen LogP contribution in [0.4, 0.5) is 0 Å². The van der Waals surface area contributed by atoms with E-state index in [1.807, 2.05) is 0 Å². The van der Waals surface area contributed by atoms with Crippen LogP contribution in [0.15, 0.2) is 34.6 Å². The van der Waals surface area contributed by atoms with Crippen molar-refractivity contribution in [2.75, 3.05) is 0 Å². The smallest absolute Gasteiger partial charge is 0.134 e. The summed E-state index contributed by atoms with van der Waals surface area (Å²) in [6.07, 6.45) is 0. The quantitative estimate of drug-likeness (QED) is 0.378. The monoisotopic (exact) mass is 194 g/mol. The normalized spacial score (nSPS) is 12.9. The van der Waals surface area contributed by atoms with Crippen LogP contribution >= 0.6 is 0 Å². The number of phenols is 1. The van der Waals surface area contributed by atoms with Gasteiger partial charge in [0.25, 0.3) is 0 Å². The number of benzene rings is 1. The molecule has 0 unspecified atom stereocenters. The molecule has 0 saturated carbocycles. The Labute approximate surface area is 80.6 Å². The number of phenolic OH excluding ortho intramolecular Hbond substituents is 1. The number of hydrogen-bond donors (Lipinski definition) is 3. The van der Waals surface area contributed by atoms with Crippen LogP contribution in [0.25, 0.3) is 0 Å². The minimum Gasteiger partial charge on any atom is -0.508 e. The number of oxime groups is 2. The van der Waals surface area contributed by atoms with Crippen LogP contribution in [-0.4, -0.2) is 26.9 Å². The highest BCUT2D eigenvalue weighted by Gasteiger charge is 2.08. The summed E-state index contributed by atoms with van der Waals surface area (Å²) in [5.74, 6) is 0.115. The molecule has 0 atom stereocenters. The van der Waals surface area contributed by atoms with Gasteiger partial charge in [0.2, 0.25) is 0 Å². The average molecular weight is 194 g/mol. The van der Waals surface area contributed by atoms with Gasteiger partial charge < -0.3 is 15.5 Å². The van der Waals surface area contributed by atoms with E-state index < -0.39 is 0 Å². The Morgan fingerprint density at radius 1 is 1.07 bits per heavy atom. The fourth-order valence-corrected chi connectivity index (χ4v) is 1.01. The Morgan fingerprint density at radius 3 is 2.07 bits per heavy atom. The molecule has 14 heavy (non-hydrogen) atoms. The molecule has 0 aliphatic rings. The van der Waals surface area contributed by atoms with Crippen LogP contribution in [0.2, 0.25) is 0 Å². The zero-order valence-electron chi connectivity index (χ0n) is 7.55. The molecular weight excluding hydrogens is 184 g/mol. The zero-order chi connectivity index (χ0) is 10.6. The SMILES string of the molecule is CC(=N/O)/C(=N\O)c1ccc(O)cc1. The lowest BCUT2D eigenvalue weighted by atomic mass is 10.1. The first-order chi connectivity index (χ1) is 6.69. The molecule has 0 radical (unpaired) electrons. The highest BCUT2D eigenvalue weighted by Crippen LogP contribution is 2.11. The molecule has 3 N–H and O–H groups in total. The van der Waals surface area contributed by atoms with E-state index >= 15 is 0 Å². The summed E-state index contributed by atoms with van der Waals surface area (Å²) in [5.41, 5.74) is 0.909. The van der Waals surface area contributed by atoms with Gasteiger partial charge in [0.15, 0.2) is 0 Å². The van der Waals surface area contributed by atoms with Crippen molar-refractivity contribution in [2.24, 2.45) is 10.3 Å². The number of nitrogens with zero attached hydrogens (tertiary/aromatic N) is 2. The number of rotatable bonds is 2. The molecule has 1 aromatic carbocycles. The second-order valence-electron chi connectivity index (χ2n) is 2.68. The molecule has 0 amide bonds. The van der Waals surface area contributed by atoms with E-state index in [4.69, 9.17) is 15.5 Å². The fourth-order valence-electron chi connectivity index (χ4n) is 1.01. The first kappa shape index (κ1) is 10.0. The Bertz CT molecular complexity index is 368. The lowest BCUT2D eigenvalue weighted by Gasteiger charge is -2.02. The summed E-state index contributed by atoms with van der Waals surface area (Å²) < 4.78 is 0. The van der Waals surface area contributed by atoms with Crippen LogP contribution in [0.3, 0.4) is 0 Å². The fraction of sp³-hybridized carbons (Fsp3) is 0.111. The van der Waals surface area contributed by atoms with Crippen molar-refractivity contribution >= 4 is 11.4 Å². The van der Waals surface area contributed by atoms with E-state index in [0.29, 0.717) is 5.56 Å². The van der Waals surface area contributed by atoms with Gasteiger partial charge in [-0.3, -0.25) is 0 Å². The van der Waals surface area contributed by atoms with Crippen molar-refractivity contribution in [3.8, 4) is 5.75 Å². The van der Waals surface area contributed by atoms with Crippen molar-refractivity contribution in [1.82, 2.24) is 0 Å². The minimum absolute atomic E-state index is 0.115. The third-order valence-electron chi connectivity index (χ3n) is 1.73. The molecule has 5 nitrogen and oxygen atoms in total. The van der Waals surface area contributed by atoms with Crippen LogP contribution in [-0.2, 0) is 0 Å². The van der Waals surface area contributed by atoms with E-state index in [1.165, 1.54) is 19.1 Å². The largest absolute Gasteiger partial charge is 0.508 e. The average Bonchev–Trinajstić information content (AvgIpc) is 2.21. The van der Waals surface area contributed by atoms with Gasteiger partial charge in [0, 0.05) is 5.56 Å². The predicted octanol–water partition coefficient (Wildman–Crippen LogP) is 1.42. The zero-order valence-corrected chi connectivity index (χ0v) is 7.55. The summed E-state index contributed by atoms with van der Waals surface area (Å²) in [4.78, 5) is 0. The predicted molar refractivity (Wildman–Crippen MR) is 51.3 cm³/mol. The lowest BCUT2D eigenvalue weighted by molar-refractivity contribution is 0.314. The molecule has 0 saturated heterocycles. The van der Waals surface area contributed by atoms with E-state index in [2.05, 4.69) is 10.3 Å². The van der Waals surface area contributed by atoms with Gasteiger partial charge in [-0.25, -0.2) is 0 Å². The van der Waals surface area contributed by atoms with Crippen molar-refractivity contribution in [3.63, 3.8) is 0 Å². The van der Waals surface area contributed by atoms with Crippen molar-refractivity contribution < 1.29 is 15.5 Å². The Kier molecular flexibility index (Phi) is 3.06. The van der Waals surface area contributed by atoms with Gasteiger partial charge in [-0.15, -0.1) is 0 Å². The third kappa shape index (κ3) is 2.01. The standard InChI is InChI=1S/C9H10N2O3/c1-6(10-13)9(11-14)7-2-4-8(12)5-3-7/h2-5,12-14H,1H3/b10-6-,11-9+. The second kappa shape index (κ2) is 4.27. The van der Waals surface area contributed by atoms with E-state index in [-0.39, 0.29) is 17.2 Å². The van der Waals surface area contributed by atoms with Crippen LogP contribution in [0.1, 0.15) is 12.5 Å². The summed E-state index contributed by atoms with van der Waals surface area (Å²) in [6.45, 7) is 1.50. The molecule has 1 aromatic rings. The minimum atomic E-state index is 0.115. The van der Waals surface area contributed by atoms with Crippen LogP contribution in [0.5, 0.6) is 5.75 Å². The molecule has 1 rings (SSSR count). The van der Waals surface area contributed by atoms with Gasteiger partial charge in [-0.2, -0.15) is 0 Å². The number of hydrogen-bond acceptors (Lipinski definition) is 5. The first-order valence-electron chi connectivity index (χ1n) is 3.89. The Balaban J connectivity index is 3.09. The molecule has 0 aromatic heterocycles. The van der Waals surface area contributed by atoms with Gasteiger partial charge in [-0.1, -0.05) is 10.3 Å². The van der Waals surface area contributed by atoms with Crippen molar-refractivity contribution in [1.29, 1.82) is 0 Å². The molecule has 0 spiro atoms. The van der Waals surface area contributed by atoms with Gasteiger partial charge in [0.05, 0.1) is 0 Å². The third-order valence-corrected chi connectivity index (χ3v) is 1.73. The van der Waals surface area contributed by atoms with Crippen LogP contribution in [0, 0.1) is 0 Å². The topological polar surface area (TPSA) is 85.4 Å². The maximum atomic E-state index is 9.02. The Hall–Kier alpha value is -2.04. The van der Waals surface area contributed by atoms with Crippen LogP contribution < -0.4 is 0 Å². The summed E-state index contributed by atoms with van der Waals surface area (Å²) in [5, 5.41) is 32.1.